The molecule has 0 atom stereocenters. The summed E-state index contributed by atoms with van der Waals surface area (Å²) < 4.78 is 7.16. The van der Waals surface area contributed by atoms with E-state index in [1.54, 1.807) is 31.4 Å². The number of rotatable bonds is 4. The molecule has 0 amide bonds. The number of hydrogen-bond acceptors (Lipinski definition) is 4. The van der Waals surface area contributed by atoms with Crippen LogP contribution in [0.5, 0.6) is 5.75 Å². The van der Waals surface area contributed by atoms with Crippen molar-refractivity contribution in [1.29, 1.82) is 0 Å². The van der Waals surface area contributed by atoms with Crippen molar-refractivity contribution in [3.63, 3.8) is 0 Å². The number of thioether (sulfide) groups is 1. The smallest absolute Gasteiger partial charge is 0.142 e. The first-order valence-electron chi connectivity index (χ1n) is 6.08. The lowest BCUT2D eigenvalue weighted by atomic mass is 10.1. The Balaban J connectivity index is 2.11. The number of H-pyrrole nitrogens is 1. The number of aromatic nitrogens is 4. The molecule has 0 saturated carbocycles. The van der Waals surface area contributed by atoms with Gasteiger partial charge in [0.05, 0.1) is 19.1 Å². The highest BCUT2D eigenvalue weighted by Gasteiger charge is 2.15. The molecule has 0 saturated heterocycles. The van der Waals surface area contributed by atoms with Gasteiger partial charge in [-0.2, -0.15) is 5.10 Å². The molecule has 2 heterocycles. The number of imidazole rings is 1. The molecule has 0 aliphatic heterocycles. The van der Waals surface area contributed by atoms with Crippen LogP contribution in [0.3, 0.4) is 0 Å². The van der Waals surface area contributed by atoms with Crippen LogP contribution in [0.15, 0.2) is 48.0 Å². The van der Waals surface area contributed by atoms with E-state index in [0.717, 1.165) is 27.7 Å². The van der Waals surface area contributed by atoms with Gasteiger partial charge in [-0.1, -0.05) is 0 Å². The summed E-state index contributed by atoms with van der Waals surface area (Å²) in [6.07, 6.45) is 7.46. The van der Waals surface area contributed by atoms with E-state index in [0.29, 0.717) is 0 Å². The Hall–Kier alpha value is -2.21. The lowest BCUT2D eigenvalue weighted by Gasteiger charge is -2.06. The second-order valence-electron chi connectivity index (χ2n) is 4.15. The van der Waals surface area contributed by atoms with Gasteiger partial charge in [0, 0.05) is 18.0 Å². The minimum Gasteiger partial charge on any atom is -0.497 e. The number of nitrogens with zero attached hydrogens (tertiary/aromatic N) is 3. The van der Waals surface area contributed by atoms with Crippen LogP contribution in [0.25, 0.3) is 16.9 Å². The Morgan fingerprint density at radius 3 is 2.65 bits per heavy atom. The predicted molar refractivity (Wildman–Crippen MR) is 79.5 cm³/mol. The minimum atomic E-state index is 0.836. The van der Waals surface area contributed by atoms with E-state index in [9.17, 15) is 0 Å². The van der Waals surface area contributed by atoms with Crippen molar-refractivity contribution in [2.75, 3.05) is 13.4 Å². The summed E-state index contributed by atoms with van der Waals surface area (Å²) in [5.41, 5.74) is 3.04. The van der Waals surface area contributed by atoms with E-state index in [1.165, 1.54) is 0 Å². The third-order valence-electron chi connectivity index (χ3n) is 3.04. The van der Waals surface area contributed by atoms with Gasteiger partial charge >= 0.3 is 0 Å². The van der Waals surface area contributed by atoms with Crippen molar-refractivity contribution in [1.82, 2.24) is 19.7 Å². The summed E-state index contributed by atoms with van der Waals surface area (Å²) in [5.74, 6) is 0.836. The predicted octanol–water partition coefficient (Wildman–Crippen LogP) is 2.99. The molecule has 20 heavy (non-hydrogen) atoms. The van der Waals surface area contributed by atoms with E-state index in [2.05, 4.69) is 15.2 Å². The fraction of sp³-hybridized carbons (Fsp3) is 0.143. The molecule has 3 rings (SSSR count). The Bertz CT molecular complexity index is 689. The van der Waals surface area contributed by atoms with Gasteiger partial charge in [0.25, 0.3) is 0 Å². The van der Waals surface area contributed by atoms with Crippen LogP contribution >= 0.6 is 11.8 Å². The monoisotopic (exact) mass is 286 g/mol. The standard InChI is InChI=1S/C14H14N4OS/c1-19-11-5-3-10(4-6-11)12-13(14(20-2)17-16-12)18-8-7-15-9-18/h3-9H,1-2H3,(H,16,17). The third-order valence-corrected chi connectivity index (χ3v) is 3.71. The molecule has 0 aliphatic carbocycles. The van der Waals surface area contributed by atoms with E-state index in [4.69, 9.17) is 4.74 Å². The van der Waals surface area contributed by atoms with Gasteiger partial charge in [-0.25, -0.2) is 4.98 Å². The SMILES string of the molecule is COc1ccc(-c2[nH]nc(SC)c2-n2ccnc2)cc1. The summed E-state index contributed by atoms with van der Waals surface area (Å²) >= 11 is 1.60. The third kappa shape index (κ3) is 2.18. The van der Waals surface area contributed by atoms with Crippen LogP contribution < -0.4 is 4.74 Å². The Labute approximate surface area is 121 Å². The molecular formula is C14H14N4OS. The highest BCUT2D eigenvalue weighted by molar-refractivity contribution is 7.98. The van der Waals surface area contributed by atoms with Crippen LogP contribution in [-0.2, 0) is 0 Å². The zero-order chi connectivity index (χ0) is 13.9. The topological polar surface area (TPSA) is 55.7 Å². The molecule has 1 aromatic carbocycles. The molecule has 5 nitrogen and oxygen atoms in total. The molecule has 102 valence electrons. The van der Waals surface area contributed by atoms with E-state index < -0.39 is 0 Å². The second-order valence-corrected chi connectivity index (χ2v) is 4.95. The van der Waals surface area contributed by atoms with Gasteiger partial charge in [0.1, 0.15) is 16.5 Å². The number of nitrogens with one attached hydrogen (secondary N) is 1. The summed E-state index contributed by atoms with van der Waals surface area (Å²) in [6, 6.07) is 7.90. The molecule has 0 radical (unpaired) electrons. The first kappa shape index (κ1) is 12.8. The molecular weight excluding hydrogens is 272 g/mol. The molecule has 0 bridgehead atoms. The van der Waals surface area contributed by atoms with E-state index in [1.807, 2.05) is 41.3 Å². The van der Waals surface area contributed by atoms with Crippen molar-refractivity contribution in [2.24, 2.45) is 0 Å². The molecule has 0 fully saturated rings. The molecule has 0 unspecified atom stereocenters. The zero-order valence-electron chi connectivity index (χ0n) is 11.2. The Morgan fingerprint density at radius 1 is 1.25 bits per heavy atom. The van der Waals surface area contributed by atoms with E-state index >= 15 is 0 Å². The lowest BCUT2D eigenvalue weighted by molar-refractivity contribution is 0.415. The second kappa shape index (κ2) is 5.42. The number of benzene rings is 1. The first-order chi connectivity index (χ1) is 9.83. The zero-order valence-corrected chi connectivity index (χ0v) is 12.0. The summed E-state index contributed by atoms with van der Waals surface area (Å²) in [6.45, 7) is 0. The minimum absolute atomic E-state index is 0.836. The van der Waals surface area contributed by atoms with Crippen LogP contribution in [0.2, 0.25) is 0 Å². The van der Waals surface area contributed by atoms with Crippen molar-refractivity contribution >= 4 is 11.8 Å². The quantitative estimate of drug-likeness (QED) is 0.749. The number of hydrogen-bond donors (Lipinski definition) is 1. The molecule has 0 spiro atoms. The van der Waals surface area contributed by atoms with Gasteiger partial charge in [-0.15, -0.1) is 11.8 Å². The van der Waals surface area contributed by atoms with Crippen LogP contribution in [-0.4, -0.2) is 33.1 Å². The summed E-state index contributed by atoms with van der Waals surface area (Å²) in [4.78, 5) is 4.11. The fourth-order valence-electron chi connectivity index (χ4n) is 2.05. The van der Waals surface area contributed by atoms with Gasteiger partial charge in [-0.3, -0.25) is 5.10 Å². The van der Waals surface area contributed by atoms with Crippen molar-refractivity contribution in [3.8, 4) is 22.7 Å². The van der Waals surface area contributed by atoms with Crippen molar-refractivity contribution in [2.45, 2.75) is 5.03 Å². The summed E-state index contributed by atoms with van der Waals surface area (Å²) in [7, 11) is 1.66. The maximum Gasteiger partial charge on any atom is 0.142 e. The molecule has 6 heteroatoms. The lowest BCUT2D eigenvalue weighted by Crippen LogP contribution is -1.93. The number of methoxy groups -OCH3 is 1. The molecule has 0 aliphatic rings. The maximum atomic E-state index is 5.19. The highest BCUT2D eigenvalue weighted by atomic mass is 32.2. The molecule has 1 N–H and O–H groups in total. The summed E-state index contributed by atoms with van der Waals surface area (Å²) in [5, 5.41) is 8.41. The van der Waals surface area contributed by atoms with Crippen LogP contribution in [0.4, 0.5) is 0 Å². The van der Waals surface area contributed by atoms with Gasteiger partial charge in [0.2, 0.25) is 0 Å². The molecule has 3 aromatic rings. The Morgan fingerprint density at radius 2 is 2.05 bits per heavy atom. The first-order valence-corrected chi connectivity index (χ1v) is 7.31. The number of aromatic amines is 1. The average Bonchev–Trinajstić information content (AvgIpc) is 3.15. The van der Waals surface area contributed by atoms with Crippen LogP contribution in [0.1, 0.15) is 0 Å². The van der Waals surface area contributed by atoms with Gasteiger partial charge in [0.15, 0.2) is 0 Å². The Kier molecular flexibility index (Phi) is 3.47. The van der Waals surface area contributed by atoms with Crippen molar-refractivity contribution < 1.29 is 4.74 Å². The van der Waals surface area contributed by atoms with E-state index in [-0.39, 0.29) is 0 Å². The normalized spacial score (nSPS) is 10.7. The molecule has 2 aromatic heterocycles. The fourth-order valence-corrected chi connectivity index (χ4v) is 2.59. The van der Waals surface area contributed by atoms with Gasteiger partial charge < -0.3 is 9.30 Å². The highest BCUT2D eigenvalue weighted by Crippen LogP contribution is 2.32. The largest absolute Gasteiger partial charge is 0.497 e. The maximum absolute atomic E-state index is 5.19. The van der Waals surface area contributed by atoms with Crippen LogP contribution in [0, 0.1) is 0 Å². The number of ether oxygens (including phenoxy) is 1. The average molecular weight is 286 g/mol. The van der Waals surface area contributed by atoms with Gasteiger partial charge in [-0.05, 0) is 30.5 Å². The van der Waals surface area contributed by atoms with Crippen molar-refractivity contribution in [3.05, 3.63) is 43.0 Å².